The van der Waals surface area contributed by atoms with Crippen molar-refractivity contribution < 1.29 is 19.1 Å². The third kappa shape index (κ3) is 4.59. The van der Waals surface area contributed by atoms with Crippen LogP contribution in [0.4, 0.5) is 5.00 Å². The van der Waals surface area contributed by atoms with Crippen LogP contribution in [0.25, 0.3) is 0 Å². The predicted octanol–water partition coefficient (Wildman–Crippen LogP) is 1.54. The van der Waals surface area contributed by atoms with Gasteiger partial charge < -0.3 is 20.5 Å². The van der Waals surface area contributed by atoms with Gasteiger partial charge >= 0.3 is 5.97 Å². The summed E-state index contributed by atoms with van der Waals surface area (Å²) in [6.07, 6.45) is 0.418. The average molecular weight is 300 g/mol. The maximum atomic E-state index is 11.9. The number of hydrogen-bond donors (Lipinski definition) is 2. The van der Waals surface area contributed by atoms with E-state index in [1.807, 2.05) is 6.92 Å². The second-order valence-electron chi connectivity index (χ2n) is 4.20. The van der Waals surface area contributed by atoms with Crippen LogP contribution in [0.5, 0.6) is 0 Å². The van der Waals surface area contributed by atoms with Gasteiger partial charge in [0.2, 0.25) is 5.91 Å². The SMILES string of the molecule is CCOC(=O)c1cc(C)sc1NC(=O)C(N)CCOC. The van der Waals surface area contributed by atoms with Gasteiger partial charge in [0.15, 0.2) is 0 Å². The number of hydrogen-bond acceptors (Lipinski definition) is 6. The first-order valence-electron chi connectivity index (χ1n) is 6.32. The van der Waals surface area contributed by atoms with Crippen LogP contribution in [-0.2, 0) is 14.3 Å². The molecule has 0 aliphatic carbocycles. The summed E-state index contributed by atoms with van der Waals surface area (Å²) in [5.74, 6) is -0.785. The monoisotopic (exact) mass is 300 g/mol. The van der Waals surface area contributed by atoms with E-state index >= 15 is 0 Å². The topological polar surface area (TPSA) is 90.7 Å². The minimum atomic E-state index is -0.674. The first kappa shape index (κ1) is 16.6. The first-order chi connectivity index (χ1) is 9.49. The molecule has 0 radical (unpaired) electrons. The van der Waals surface area contributed by atoms with Crippen molar-refractivity contribution in [3.05, 3.63) is 16.5 Å². The Morgan fingerprint density at radius 2 is 2.20 bits per heavy atom. The second kappa shape index (κ2) is 7.98. The summed E-state index contributed by atoms with van der Waals surface area (Å²) in [7, 11) is 1.55. The Hall–Kier alpha value is -1.44. The third-order valence-corrected chi connectivity index (χ3v) is 3.52. The molecule has 112 valence electrons. The maximum Gasteiger partial charge on any atom is 0.341 e. The summed E-state index contributed by atoms with van der Waals surface area (Å²) in [4.78, 5) is 24.6. The van der Waals surface area contributed by atoms with Crippen molar-refractivity contribution in [2.75, 3.05) is 25.6 Å². The zero-order chi connectivity index (χ0) is 15.1. The number of aryl methyl sites for hydroxylation is 1. The van der Waals surface area contributed by atoms with E-state index in [1.54, 1.807) is 20.1 Å². The molecule has 0 saturated heterocycles. The van der Waals surface area contributed by atoms with Crippen LogP contribution in [0.15, 0.2) is 6.07 Å². The van der Waals surface area contributed by atoms with Gasteiger partial charge in [0.05, 0.1) is 18.2 Å². The minimum Gasteiger partial charge on any atom is -0.462 e. The number of methoxy groups -OCH3 is 1. The zero-order valence-corrected chi connectivity index (χ0v) is 12.7. The fraction of sp³-hybridized carbons (Fsp3) is 0.538. The van der Waals surface area contributed by atoms with Crippen molar-refractivity contribution in [2.45, 2.75) is 26.3 Å². The van der Waals surface area contributed by atoms with Crippen LogP contribution < -0.4 is 11.1 Å². The van der Waals surface area contributed by atoms with Crippen LogP contribution >= 0.6 is 11.3 Å². The average Bonchev–Trinajstić information content (AvgIpc) is 2.77. The van der Waals surface area contributed by atoms with E-state index in [0.29, 0.717) is 23.6 Å². The molecule has 0 bridgehead atoms. The van der Waals surface area contributed by atoms with Crippen LogP contribution in [0.2, 0.25) is 0 Å². The lowest BCUT2D eigenvalue weighted by atomic mass is 10.2. The number of nitrogens with one attached hydrogen (secondary N) is 1. The molecule has 0 aliphatic rings. The van der Waals surface area contributed by atoms with Crippen molar-refractivity contribution in [1.82, 2.24) is 0 Å². The first-order valence-corrected chi connectivity index (χ1v) is 7.14. The number of carbonyl (C=O) groups is 2. The van der Waals surface area contributed by atoms with Gasteiger partial charge in [0.25, 0.3) is 0 Å². The van der Waals surface area contributed by atoms with Gasteiger partial charge in [0, 0.05) is 18.6 Å². The Bertz CT molecular complexity index is 473. The Morgan fingerprint density at radius 1 is 1.50 bits per heavy atom. The highest BCUT2D eigenvalue weighted by Gasteiger charge is 2.20. The second-order valence-corrected chi connectivity index (χ2v) is 5.45. The fourth-order valence-electron chi connectivity index (χ4n) is 1.55. The van der Waals surface area contributed by atoms with Gasteiger partial charge in [-0.1, -0.05) is 0 Å². The molecule has 0 spiro atoms. The van der Waals surface area contributed by atoms with E-state index in [-0.39, 0.29) is 12.5 Å². The highest BCUT2D eigenvalue weighted by atomic mass is 32.1. The Balaban J connectivity index is 2.76. The molecule has 1 rings (SSSR count). The quantitative estimate of drug-likeness (QED) is 0.745. The molecule has 0 aliphatic heterocycles. The molecule has 1 atom stereocenters. The van der Waals surface area contributed by atoms with Crippen molar-refractivity contribution >= 4 is 28.2 Å². The number of anilines is 1. The fourth-order valence-corrected chi connectivity index (χ4v) is 2.45. The predicted molar refractivity (Wildman–Crippen MR) is 78.1 cm³/mol. The number of esters is 1. The Morgan fingerprint density at radius 3 is 2.80 bits per heavy atom. The molecule has 1 amide bonds. The normalized spacial score (nSPS) is 12.0. The summed E-state index contributed by atoms with van der Waals surface area (Å²) >= 11 is 1.32. The number of rotatable bonds is 7. The highest BCUT2D eigenvalue weighted by Crippen LogP contribution is 2.28. The summed E-state index contributed by atoms with van der Waals surface area (Å²) in [5, 5.41) is 3.15. The van der Waals surface area contributed by atoms with Gasteiger partial charge in [0.1, 0.15) is 5.00 Å². The third-order valence-electron chi connectivity index (χ3n) is 2.56. The zero-order valence-electron chi connectivity index (χ0n) is 11.9. The molecule has 6 nitrogen and oxygen atoms in total. The standard InChI is InChI=1S/C13H20N2O4S/c1-4-19-13(17)9-7-8(2)20-12(9)15-11(16)10(14)5-6-18-3/h7,10H,4-6,14H2,1-3H3,(H,15,16). The molecule has 1 unspecified atom stereocenters. The molecule has 3 N–H and O–H groups in total. The van der Waals surface area contributed by atoms with Gasteiger partial charge in [-0.05, 0) is 26.3 Å². The largest absolute Gasteiger partial charge is 0.462 e. The van der Waals surface area contributed by atoms with E-state index in [9.17, 15) is 9.59 Å². The van der Waals surface area contributed by atoms with E-state index in [4.69, 9.17) is 15.2 Å². The van der Waals surface area contributed by atoms with Crippen LogP contribution in [-0.4, -0.2) is 38.2 Å². The van der Waals surface area contributed by atoms with E-state index in [0.717, 1.165) is 4.88 Å². The maximum absolute atomic E-state index is 11.9. The Labute approximate surface area is 122 Å². The smallest absolute Gasteiger partial charge is 0.341 e. The lowest BCUT2D eigenvalue weighted by Gasteiger charge is -2.11. The van der Waals surface area contributed by atoms with E-state index < -0.39 is 12.0 Å². The van der Waals surface area contributed by atoms with Crippen molar-refractivity contribution in [2.24, 2.45) is 5.73 Å². The summed E-state index contributed by atoms with van der Waals surface area (Å²) < 4.78 is 9.83. The molecule has 0 aromatic carbocycles. The van der Waals surface area contributed by atoms with Gasteiger partial charge in [-0.25, -0.2) is 4.79 Å². The van der Waals surface area contributed by atoms with E-state index in [1.165, 1.54) is 11.3 Å². The summed E-state index contributed by atoms with van der Waals surface area (Å²) in [6, 6.07) is 1.02. The number of carbonyl (C=O) groups excluding carboxylic acids is 2. The molecule has 1 aromatic rings. The van der Waals surface area contributed by atoms with Crippen LogP contribution in [0, 0.1) is 6.92 Å². The molecule has 0 fully saturated rings. The number of nitrogens with two attached hydrogens (primary N) is 1. The number of thiophene rings is 1. The lowest BCUT2D eigenvalue weighted by molar-refractivity contribution is -0.117. The molecular weight excluding hydrogens is 280 g/mol. The van der Waals surface area contributed by atoms with Crippen molar-refractivity contribution in [3.8, 4) is 0 Å². The Kier molecular flexibility index (Phi) is 6.63. The molecule has 7 heteroatoms. The minimum absolute atomic E-state index is 0.286. The van der Waals surface area contributed by atoms with Crippen molar-refractivity contribution in [1.29, 1.82) is 0 Å². The lowest BCUT2D eigenvalue weighted by Crippen LogP contribution is -2.36. The molecular formula is C13H20N2O4S. The van der Waals surface area contributed by atoms with Crippen molar-refractivity contribution in [3.63, 3.8) is 0 Å². The highest BCUT2D eigenvalue weighted by molar-refractivity contribution is 7.16. The molecule has 1 heterocycles. The molecule has 20 heavy (non-hydrogen) atoms. The number of ether oxygens (including phenoxy) is 2. The van der Waals surface area contributed by atoms with Gasteiger partial charge in [-0.15, -0.1) is 11.3 Å². The van der Waals surface area contributed by atoms with E-state index in [2.05, 4.69) is 5.32 Å². The van der Waals surface area contributed by atoms with Crippen LogP contribution in [0.1, 0.15) is 28.6 Å². The molecule has 1 aromatic heterocycles. The number of amides is 1. The van der Waals surface area contributed by atoms with Gasteiger partial charge in [-0.3, -0.25) is 4.79 Å². The summed E-state index contributed by atoms with van der Waals surface area (Å²) in [6.45, 7) is 4.28. The molecule has 0 saturated carbocycles. The van der Waals surface area contributed by atoms with Gasteiger partial charge in [-0.2, -0.15) is 0 Å². The summed E-state index contributed by atoms with van der Waals surface area (Å²) in [5.41, 5.74) is 6.10. The van der Waals surface area contributed by atoms with Crippen LogP contribution in [0.3, 0.4) is 0 Å².